The molecule has 0 aromatic heterocycles. The van der Waals surface area contributed by atoms with E-state index in [4.69, 9.17) is 5.11 Å². The number of aliphatic carboxylic acids is 1. The number of amides is 1. The quantitative estimate of drug-likeness (QED) is 0.845. The first-order valence-corrected chi connectivity index (χ1v) is 4.98. The third-order valence-corrected chi connectivity index (χ3v) is 2.66. The first-order valence-electron chi connectivity index (χ1n) is 4.98. The second-order valence-electron chi connectivity index (χ2n) is 3.87. The zero-order chi connectivity index (χ0) is 12.6. The van der Waals surface area contributed by atoms with Crippen LogP contribution in [0, 0.1) is 23.5 Å². The third kappa shape index (κ3) is 2.25. The Morgan fingerprint density at radius 3 is 2.29 bits per heavy atom. The smallest absolute Gasteiger partial charge is 0.307 e. The van der Waals surface area contributed by atoms with Crippen molar-refractivity contribution in [1.82, 2.24) is 0 Å². The fraction of sp³-hybridized carbons (Fsp3) is 0.273. The van der Waals surface area contributed by atoms with E-state index in [1.807, 2.05) is 0 Å². The Morgan fingerprint density at radius 1 is 1.24 bits per heavy atom. The molecule has 0 saturated heterocycles. The lowest BCUT2D eigenvalue weighted by Crippen LogP contribution is -2.18. The molecule has 1 saturated carbocycles. The average Bonchev–Trinajstić information content (AvgIpc) is 3.03. The molecule has 1 aliphatic carbocycles. The number of carbonyl (C=O) groups is 2. The Labute approximate surface area is 95.2 Å². The topological polar surface area (TPSA) is 66.4 Å². The van der Waals surface area contributed by atoms with Gasteiger partial charge < -0.3 is 10.4 Å². The number of nitrogens with one attached hydrogen (secondary N) is 1. The highest BCUT2D eigenvalue weighted by Gasteiger charge is 2.48. The van der Waals surface area contributed by atoms with E-state index in [2.05, 4.69) is 5.32 Å². The van der Waals surface area contributed by atoms with E-state index in [0.29, 0.717) is 0 Å². The average molecular weight is 241 g/mol. The van der Waals surface area contributed by atoms with Gasteiger partial charge in [-0.25, -0.2) is 8.78 Å². The van der Waals surface area contributed by atoms with Crippen molar-refractivity contribution < 1.29 is 23.5 Å². The molecule has 1 fully saturated rings. The molecule has 4 nitrogen and oxygen atoms in total. The van der Waals surface area contributed by atoms with Crippen LogP contribution in [0.4, 0.5) is 14.5 Å². The summed E-state index contributed by atoms with van der Waals surface area (Å²) in [5.74, 6) is -4.95. The van der Waals surface area contributed by atoms with Crippen molar-refractivity contribution in [1.29, 1.82) is 0 Å². The molecule has 6 heteroatoms. The highest BCUT2D eigenvalue weighted by atomic mass is 19.1. The van der Waals surface area contributed by atoms with Gasteiger partial charge in [-0.15, -0.1) is 0 Å². The Morgan fingerprint density at radius 2 is 1.82 bits per heavy atom. The number of benzene rings is 1. The minimum atomic E-state index is -1.07. The predicted molar refractivity (Wildman–Crippen MR) is 54.2 cm³/mol. The molecule has 1 aromatic rings. The summed E-state index contributed by atoms with van der Waals surface area (Å²) < 4.78 is 26.4. The predicted octanol–water partition coefficient (Wildman–Crippen LogP) is 1.62. The van der Waals surface area contributed by atoms with E-state index in [-0.39, 0.29) is 6.42 Å². The zero-order valence-electron chi connectivity index (χ0n) is 8.61. The molecule has 0 heterocycles. The lowest BCUT2D eigenvalue weighted by atomic mass is 10.2. The highest BCUT2D eigenvalue weighted by molar-refractivity contribution is 5.98. The molecule has 2 rings (SSSR count). The van der Waals surface area contributed by atoms with Gasteiger partial charge in [-0.1, -0.05) is 6.07 Å². The molecule has 0 spiro atoms. The van der Waals surface area contributed by atoms with Gasteiger partial charge in [0.25, 0.3) is 0 Å². The number of hydrogen-bond acceptors (Lipinski definition) is 2. The van der Waals surface area contributed by atoms with Gasteiger partial charge in [-0.05, 0) is 18.6 Å². The van der Waals surface area contributed by atoms with Gasteiger partial charge in [0.1, 0.15) is 17.3 Å². The standard InChI is InChI=1S/C11H9F2NO3/c12-7-2-1-3-8(13)9(7)14-10(15)5-4-6(5)11(16)17/h1-3,5-6H,4H2,(H,14,15)(H,16,17)/t5-,6+/m1/s1. The molecule has 90 valence electrons. The van der Waals surface area contributed by atoms with Gasteiger partial charge in [0.05, 0.1) is 11.8 Å². The van der Waals surface area contributed by atoms with Gasteiger partial charge in [0, 0.05) is 0 Å². The molecular weight excluding hydrogens is 232 g/mol. The molecule has 0 bridgehead atoms. The summed E-state index contributed by atoms with van der Waals surface area (Å²) in [6.45, 7) is 0. The van der Waals surface area contributed by atoms with Crippen LogP contribution >= 0.6 is 0 Å². The molecule has 1 aromatic carbocycles. The summed E-state index contributed by atoms with van der Waals surface area (Å²) in [4.78, 5) is 22.0. The Hall–Kier alpha value is -1.98. The van der Waals surface area contributed by atoms with E-state index < -0.39 is 41.0 Å². The summed E-state index contributed by atoms with van der Waals surface area (Å²) in [5.41, 5.74) is -0.534. The largest absolute Gasteiger partial charge is 0.481 e. The van der Waals surface area contributed by atoms with Crippen molar-refractivity contribution in [2.24, 2.45) is 11.8 Å². The van der Waals surface area contributed by atoms with Gasteiger partial charge >= 0.3 is 5.97 Å². The lowest BCUT2D eigenvalue weighted by Gasteiger charge is -2.06. The molecule has 17 heavy (non-hydrogen) atoms. The van der Waals surface area contributed by atoms with Crippen LogP contribution in [0.5, 0.6) is 0 Å². The summed E-state index contributed by atoms with van der Waals surface area (Å²) in [7, 11) is 0. The molecular formula is C11H9F2NO3. The minimum Gasteiger partial charge on any atom is -0.481 e. The van der Waals surface area contributed by atoms with Gasteiger partial charge in [0.2, 0.25) is 5.91 Å². The second-order valence-corrected chi connectivity index (χ2v) is 3.87. The number of carboxylic acid groups (broad SMARTS) is 1. The zero-order valence-corrected chi connectivity index (χ0v) is 8.61. The number of halogens is 2. The van der Waals surface area contributed by atoms with Crippen molar-refractivity contribution in [2.45, 2.75) is 6.42 Å². The van der Waals surface area contributed by atoms with Crippen molar-refractivity contribution in [2.75, 3.05) is 5.32 Å². The third-order valence-electron chi connectivity index (χ3n) is 2.66. The molecule has 0 aliphatic heterocycles. The van der Waals surface area contributed by atoms with E-state index >= 15 is 0 Å². The SMILES string of the molecule is O=C(O)[C@H]1C[C@H]1C(=O)Nc1c(F)cccc1F. The number of anilines is 1. The minimum absolute atomic E-state index is 0.206. The van der Waals surface area contributed by atoms with Gasteiger partial charge in [-0.2, -0.15) is 0 Å². The molecule has 0 unspecified atom stereocenters. The van der Waals surface area contributed by atoms with Crippen LogP contribution < -0.4 is 5.32 Å². The molecule has 1 amide bonds. The van der Waals surface area contributed by atoms with Gasteiger partial charge in [0.15, 0.2) is 0 Å². The van der Waals surface area contributed by atoms with Crippen LogP contribution in [0.15, 0.2) is 18.2 Å². The summed E-state index contributed by atoms with van der Waals surface area (Å²) in [6, 6.07) is 3.21. The van der Waals surface area contributed by atoms with Crippen molar-refractivity contribution in [3.8, 4) is 0 Å². The summed E-state index contributed by atoms with van der Waals surface area (Å²) in [5, 5.41) is 10.7. The maximum atomic E-state index is 13.2. The Bertz CT molecular complexity index is 469. The number of carbonyl (C=O) groups excluding carboxylic acids is 1. The van der Waals surface area contributed by atoms with Crippen molar-refractivity contribution >= 4 is 17.6 Å². The first-order chi connectivity index (χ1) is 8.00. The van der Waals surface area contributed by atoms with Crippen molar-refractivity contribution in [3.63, 3.8) is 0 Å². The van der Waals surface area contributed by atoms with E-state index in [1.54, 1.807) is 0 Å². The fourth-order valence-corrected chi connectivity index (χ4v) is 1.59. The van der Waals surface area contributed by atoms with Crippen LogP contribution in [-0.2, 0) is 9.59 Å². The van der Waals surface area contributed by atoms with Crippen LogP contribution in [0.2, 0.25) is 0 Å². The number of para-hydroxylation sites is 1. The van der Waals surface area contributed by atoms with Crippen LogP contribution in [-0.4, -0.2) is 17.0 Å². The van der Waals surface area contributed by atoms with Crippen LogP contribution in [0.1, 0.15) is 6.42 Å². The normalized spacial score (nSPS) is 22.0. The van der Waals surface area contributed by atoms with Crippen LogP contribution in [0.25, 0.3) is 0 Å². The van der Waals surface area contributed by atoms with E-state index in [1.165, 1.54) is 6.07 Å². The Kier molecular flexibility index (Phi) is 2.79. The number of hydrogen-bond donors (Lipinski definition) is 2. The molecule has 1 aliphatic rings. The van der Waals surface area contributed by atoms with E-state index in [0.717, 1.165) is 12.1 Å². The number of carboxylic acids is 1. The van der Waals surface area contributed by atoms with Crippen molar-refractivity contribution in [3.05, 3.63) is 29.8 Å². The van der Waals surface area contributed by atoms with Crippen LogP contribution in [0.3, 0.4) is 0 Å². The van der Waals surface area contributed by atoms with E-state index in [9.17, 15) is 18.4 Å². The molecule has 0 radical (unpaired) electrons. The highest BCUT2D eigenvalue weighted by Crippen LogP contribution is 2.39. The molecule has 2 N–H and O–H groups in total. The molecule has 2 atom stereocenters. The summed E-state index contributed by atoms with van der Waals surface area (Å²) in [6.07, 6.45) is 0.206. The van der Waals surface area contributed by atoms with Gasteiger partial charge in [-0.3, -0.25) is 9.59 Å². The Balaban J connectivity index is 2.07. The number of rotatable bonds is 3. The second kappa shape index (κ2) is 4.12. The fourth-order valence-electron chi connectivity index (χ4n) is 1.59. The monoisotopic (exact) mass is 241 g/mol. The first kappa shape index (κ1) is 11.5. The lowest BCUT2D eigenvalue weighted by molar-refractivity contribution is -0.139. The maximum absolute atomic E-state index is 13.2. The summed E-state index contributed by atoms with van der Waals surface area (Å²) >= 11 is 0. The maximum Gasteiger partial charge on any atom is 0.307 e.